The molecule has 1 aromatic heterocycles. The van der Waals surface area contributed by atoms with Gasteiger partial charge in [-0.15, -0.1) is 0 Å². The highest BCUT2D eigenvalue weighted by atomic mass is 16.2. The van der Waals surface area contributed by atoms with E-state index in [0.717, 1.165) is 16.6 Å². The Hall–Kier alpha value is -2.85. The number of fused-ring (bicyclic) bond motifs is 1. The Kier molecular flexibility index (Phi) is 5.71. The molecular weight excluding hydrogens is 354 g/mol. The van der Waals surface area contributed by atoms with Crippen LogP contribution in [0.2, 0.25) is 0 Å². The summed E-state index contributed by atoms with van der Waals surface area (Å²) in [5.41, 5.74) is 8.28. The lowest BCUT2D eigenvalue weighted by Crippen LogP contribution is -2.48. The van der Waals surface area contributed by atoms with E-state index in [0.29, 0.717) is 31.6 Å². The number of likely N-dealkylation sites (tertiary alicyclic amines) is 1. The topological polar surface area (TPSA) is 95.4 Å². The number of likely N-dealkylation sites (N-methyl/N-ethyl adjacent to an activating group) is 1. The highest BCUT2D eigenvalue weighted by Gasteiger charge is 2.39. The van der Waals surface area contributed by atoms with Gasteiger partial charge in [0.1, 0.15) is 18.7 Å². The van der Waals surface area contributed by atoms with Gasteiger partial charge in [-0.25, -0.2) is 0 Å². The molecule has 2 unspecified atom stereocenters. The number of para-hydroxylation sites is 1. The summed E-state index contributed by atoms with van der Waals surface area (Å²) >= 11 is 0. The third-order valence-electron chi connectivity index (χ3n) is 5.65. The molecule has 2 amide bonds. The highest BCUT2D eigenvalue weighted by molar-refractivity contribution is 5.91. The number of nitrogens with two attached hydrogens (primary N) is 1. The lowest BCUT2D eigenvalue weighted by atomic mass is 10.1. The van der Waals surface area contributed by atoms with Gasteiger partial charge in [-0.05, 0) is 33.3 Å². The maximum atomic E-state index is 13.2. The van der Waals surface area contributed by atoms with E-state index in [1.165, 1.54) is 0 Å². The smallest absolute Gasteiger partial charge is 0.245 e. The molecule has 2 atom stereocenters. The Labute approximate surface area is 165 Å². The van der Waals surface area contributed by atoms with Crippen molar-refractivity contribution in [1.29, 1.82) is 5.26 Å². The average molecular weight is 381 g/mol. The number of hydrogen-bond donors (Lipinski definition) is 1. The first-order valence-corrected chi connectivity index (χ1v) is 9.74. The molecule has 0 radical (unpaired) electrons. The minimum atomic E-state index is -0.514. The quantitative estimate of drug-likeness (QED) is 0.851. The van der Waals surface area contributed by atoms with Crippen LogP contribution in [0.5, 0.6) is 0 Å². The van der Waals surface area contributed by atoms with E-state index in [9.17, 15) is 14.9 Å². The first kappa shape index (κ1) is 19.9. The molecule has 28 heavy (non-hydrogen) atoms. The summed E-state index contributed by atoms with van der Waals surface area (Å²) in [4.78, 5) is 29.4. The SMILES string of the molecule is CCN(CC)C(=O)C1CC(N)CN1C(=O)Cn1c(C)c(C#N)c2ccccc21. The summed E-state index contributed by atoms with van der Waals surface area (Å²) < 4.78 is 1.86. The van der Waals surface area contributed by atoms with Gasteiger partial charge >= 0.3 is 0 Å². The third kappa shape index (κ3) is 3.36. The number of aromatic nitrogens is 1. The fraction of sp³-hybridized carbons (Fsp3) is 0.476. The van der Waals surface area contributed by atoms with E-state index in [1.54, 1.807) is 9.80 Å². The van der Waals surface area contributed by atoms with Gasteiger partial charge in [-0.2, -0.15) is 5.26 Å². The van der Waals surface area contributed by atoms with Crippen molar-refractivity contribution in [3.63, 3.8) is 0 Å². The third-order valence-corrected chi connectivity index (χ3v) is 5.65. The van der Waals surface area contributed by atoms with Crippen LogP contribution < -0.4 is 5.73 Å². The number of amides is 2. The highest BCUT2D eigenvalue weighted by Crippen LogP contribution is 2.26. The second-order valence-electron chi connectivity index (χ2n) is 7.24. The maximum absolute atomic E-state index is 13.2. The molecule has 1 aliphatic rings. The second kappa shape index (κ2) is 8.03. The standard InChI is InChI=1S/C21H27N5O2/c1-4-24(5-2)21(28)19-10-15(23)12-26(19)20(27)13-25-14(3)17(11-22)16-8-6-7-9-18(16)25/h6-9,15,19H,4-5,10,12-13,23H2,1-3H3. The molecule has 1 aliphatic heterocycles. The van der Waals surface area contributed by atoms with E-state index < -0.39 is 6.04 Å². The Balaban J connectivity index is 1.90. The van der Waals surface area contributed by atoms with Crippen molar-refractivity contribution >= 4 is 22.7 Å². The van der Waals surface area contributed by atoms with Crippen molar-refractivity contribution in [2.24, 2.45) is 5.73 Å². The number of hydrogen-bond acceptors (Lipinski definition) is 4. The summed E-state index contributed by atoms with van der Waals surface area (Å²) in [7, 11) is 0. The number of benzene rings is 1. The zero-order valence-corrected chi connectivity index (χ0v) is 16.7. The number of rotatable bonds is 5. The molecule has 0 aliphatic carbocycles. The van der Waals surface area contributed by atoms with E-state index in [4.69, 9.17) is 5.73 Å². The molecule has 1 saturated heterocycles. The molecular formula is C21H27N5O2. The molecule has 2 aromatic rings. The zero-order valence-electron chi connectivity index (χ0n) is 16.7. The molecule has 7 heteroatoms. The molecule has 2 N–H and O–H groups in total. The fourth-order valence-electron chi connectivity index (χ4n) is 4.13. The minimum Gasteiger partial charge on any atom is -0.341 e. The summed E-state index contributed by atoms with van der Waals surface area (Å²) in [6, 6.07) is 9.09. The van der Waals surface area contributed by atoms with Crippen LogP contribution in [-0.4, -0.2) is 57.9 Å². The molecule has 0 bridgehead atoms. The summed E-state index contributed by atoms with van der Waals surface area (Å²) in [6.45, 7) is 7.39. The maximum Gasteiger partial charge on any atom is 0.245 e. The van der Waals surface area contributed by atoms with Crippen LogP contribution in [0.4, 0.5) is 0 Å². The molecule has 1 aromatic carbocycles. The van der Waals surface area contributed by atoms with Gasteiger partial charge < -0.3 is 20.1 Å². The van der Waals surface area contributed by atoms with Crippen LogP contribution in [0.15, 0.2) is 24.3 Å². The molecule has 1 fully saturated rings. The van der Waals surface area contributed by atoms with Gasteiger partial charge in [-0.1, -0.05) is 18.2 Å². The van der Waals surface area contributed by atoms with Crippen LogP contribution in [-0.2, 0) is 16.1 Å². The average Bonchev–Trinajstić information content (AvgIpc) is 3.21. The summed E-state index contributed by atoms with van der Waals surface area (Å²) in [5.74, 6) is -0.190. The molecule has 3 rings (SSSR count). The number of carbonyl (C=O) groups excluding carboxylic acids is 2. The van der Waals surface area contributed by atoms with Gasteiger partial charge in [0.05, 0.1) is 11.1 Å². The van der Waals surface area contributed by atoms with Crippen molar-refractivity contribution in [1.82, 2.24) is 14.4 Å². The van der Waals surface area contributed by atoms with Crippen LogP contribution in [0.25, 0.3) is 10.9 Å². The van der Waals surface area contributed by atoms with Gasteiger partial charge in [0.2, 0.25) is 11.8 Å². The Morgan fingerprint density at radius 3 is 2.61 bits per heavy atom. The fourth-order valence-corrected chi connectivity index (χ4v) is 4.13. The molecule has 0 spiro atoms. The minimum absolute atomic E-state index is 0.0434. The predicted octanol–water partition coefficient (Wildman–Crippen LogP) is 1.62. The van der Waals surface area contributed by atoms with E-state index in [2.05, 4.69) is 6.07 Å². The van der Waals surface area contributed by atoms with Gasteiger partial charge in [-0.3, -0.25) is 9.59 Å². The normalized spacial score (nSPS) is 19.0. The lowest BCUT2D eigenvalue weighted by Gasteiger charge is -2.29. The molecule has 7 nitrogen and oxygen atoms in total. The first-order valence-electron chi connectivity index (χ1n) is 9.74. The van der Waals surface area contributed by atoms with Crippen molar-refractivity contribution in [2.75, 3.05) is 19.6 Å². The van der Waals surface area contributed by atoms with E-state index in [1.807, 2.05) is 49.6 Å². The molecule has 148 valence electrons. The second-order valence-corrected chi connectivity index (χ2v) is 7.24. The van der Waals surface area contributed by atoms with Crippen LogP contribution in [0.3, 0.4) is 0 Å². The van der Waals surface area contributed by atoms with Crippen molar-refractivity contribution in [2.45, 2.75) is 45.8 Å². The van der Waals surface area contributed by atoms with E-state index >= 15 is 0 Å². The monoisotopic (exact) mass is 381 g/mol. The Morgan fingerprint density at radius 2 is 1.96 bits per heavy atom. The Bertz CT molecular complexity index is 938. The number of nitrogens with zero attached hydrogens (tertiary/aromatic N) is 4. The lowest BCUT2D eigenvalue weighted by molar-refractivity contribution is -0.143. The Morgan fingerprint density at radius 1 is 1.29 bits per heavy atom. The van der Waals surface area contributed by atoms with E-state index in [-0.39, 0.29) is 24.4 Å². The predicted molar refractivity (Wildman–Crippen MR) is 107 cm³/mol. The van der Waals surface area contributed by atoms with Gasteiger partial charge in [0.25, 0.3) is 0 Å². The largest absolute Gasteiger partial charge is 0.341 e. The zero-order chi connectivity index (χ0) is 20.4. The van der Waals surface area contributed by atoms with Crippen molar-refractivity contribution in [3.05, 3.63) is 35.5 Å². The van der Waals surface area contributed by atoms with Crippen LogP contribution >= 0.6 is 0 Å². The first-order chi connectivity index (χ1) is 13.4. The number of nitriles is 1. The van der Waals surface area contributed by atoms with Gasteiger partial charge in [0, 0.05) is 36.8 Å². The van der Waals surface area contributed by atoms with Crippen LogP contribution in [0, 0.1) is 18.3 Å². The summed E-state index contributed by atoms with van der Waals surface area (Å²) in [6.07, 6.45) is 0.482. The van der Waals surface area contributed by atoms with Crippen molar-refractivity contribution in [3.8, 4) is 6.07 Å². The van der Waals surface area contributed by atoms with Gasteiger partial charge in [0.15, 0.2) is 0 Å². The van der Waals surface area contributed by atoms with Crippen molar-refractivity contribution < 1.29 is 9.59 Å². The summed E-state index contributed by atoms with van der Waals surface area (Å²) in [5, 5.41) is 10.4. The molecule has 0 saturated carbocycles. The molecule has 2 heterocycles. The number of carbonyl (C=O) groups is 2. The van der Waals surface area contributed by atoms with Crippen LogP contribution in [0.1, 0.15) is 31.5 Å².